The average molecular weight is 498 g/mol. The first-order chi connectivity index (χ1) is 14.8. The van der Waals surface area contributed by atoms with Crippen molar-refractivity contribution in [3.63, 3.8) is 0 Å². The first kappa shape index (κ1) is 24.0. The van der Waals surface area contributed by atoms with Crippen molar-refractivity contribution in [1.82, 2.24) is 4.90 Å². The van der Waals surface area contributed by atoms with Gasteiger partial charge in [0.25, 0.3) is 0 Å². The van der Waals surface area contributed by atoms with Gasteiger partial charge in [0, 0.05) is 18.0 Å². The summed E-state index contributed by atoms with van der Waals surface area (Å²) < 4.78 is -0.311. The molecule has 1 aliphatic rings. The molecule has 164 valence electrons. The molecule has 0 unspecified atom stereocenters. The van der Waals surface area contributed by atoms with Gasteiger partial charge < -0.3 is 4.90 Å². The quantitative estimate of drug-likeness (QED) is 0.173. The minimum Gasteiger partial charge on any atom is -0.360 e. The highest BCUT2D eigenvalue weighted by Crippen LogP contribution is 2.39. The Bertz CT molecular complexity index is 966. The van der Waals surface area contributed by atoms with Gasteiger partial charge in [0.15, 0.2) is 10.1 Å². The zero-order valence-corrected chi connectivity index (χ0v) is 20.1. The van der Waals surface area contributed by atoms with Crippen LogP contribution in [0, 0.1) is 23.0 Å². The normalized spacial score (nSPS) is 15.4. The van der Waals surface area contributed by atoms with Crippen molar-refractivity contribution < 1.29 is 4.92 Å². The van der Waals surface area contributed by atoms with Crippen molar-refractivity contribution in [2.45, 2.75) is 31.1 Å². The third kappa shape index (κ3) is 6.66. The summed E-state index contributed by atoms with van der Waals surface area (Å²) in [5, 5.41) is 12.2. The number of rotatable bonds is 7. The van der Waals surface area contributed by atoms with Crippen LogP contribution in [-0.4, -0.2) is 22.9 Å². The summed E-state index contributed by atoms with van der Waals surface area (Å²) in [5.41, 5.74) is 2.18. The zero-order valence-electron chi connectivity index (χ0n) is 17.1. The van der Waals surface area contributed by atoms with Crippen molar-refractivity contribution in [1.29, 1.82) is 0 Å². The minimum atomic E-state index is -0.500. The zero-order chi connectivity index (χ0) is 22.4. The summed E-state index contributed by atoms with van der Waals surface area (Å²) >= 11 is 19.2. The van der Waals surface area contributed by atoms with Gasteiger partial charge in [-0.1, -0.05) is 94.6 Å². The number of likely N-dealkylation sites (tertiary alicyclic amines) is 1. The molecular formula is C23H23Cl3N2O2S. The van der Waals surface area contributed by atoms with Crippen molar-refractivity contribution in [2.24, 2.45) is 5.92 Å². The number of nitrogens with zero attached hydrogens (tertiary/aromatic N) is 2. The number of aryl methyl sites for hydroxylation is 1. The Balaban J connectivity index is 1.86. The van der Waals surface area contributed by atoms with E-state index >= 15 is 0 Å². The fourth-order valence-corrected chi connectivity index (χ4v) is 5.08. The van der Waals surface area contributed by atoms with E-state index in [0.29, 0.717) is 24.0 Å². The molecule has 3 rings (SSSR count). The fraction of sp³-hybridized carbons (Fsp3) is 0.304. The van der Waals surface area contributed by atoms with Gasteiger partial charge in [-0.05, 0) is 49.8 Å². The van der Waals surface area contributed by atoms with Crippen LogP contribution in [0.15, 0.2) is 79.7 Å². The molecule has 4 nitrogen and oxygen atoms in total. The van der Waals surface area contributed by atoms with E-state index in [-0.39, 0.29) is 15.2 Å². The van der Waals surface area contributed by atoms with Crippen molar-refractivity contribution in [3.8, 4) is 0 Å². The summed E-state index contributed by atoms with van der Waals surface area (Å²) in [6.07, 6.45) is 2.89. The molecule has 31 heavy (non-hydrogen) atoms. The molecule has 0 radical (unpaired) electrons. The Morgan fingerprint density at radius 3 is 2.23 bits per heavy atom. The summed E-state index contributed by atoms with van der Waals surface area (Å²) in [4.78, 5) is 14.4. The fourth-order valence-electron chi connectivity index (χ4n) is 3.61. The number of piperidine rings is 1. The van der Waals surface area contributed by atoms with E-state index in [4.69, 9.17) is 34.8 Å². The lowest BCUT2D eigenvalue weighted by Gasteiger charge is -2.34. The molecule has 2 aromatic rings. The lowest BCUT2D eigenvalue weighted by molar-refractivity contribution is -0.421. The molecular weight excluding hydrogens is 475 g/mol. The van der Waals surface area contributed by atoms with E-state index in [1.807, 2.05) is 42.2 Å². The van der Waals surface area contributed by atoms with Crippen molar-refractivity contribution in [2.75, 3.05) is 13.1 Å². The number of hydrogen-bond donors (Lipinski definition) is 0. The van der Waals surface area contributed by atoms with Crippen LogP contribution >= 0.6 is 46.6 Å². The third-order valence-electron chi connectivity index (χ3n) is 5.26. The van der Waals surface area contributed by atoms with Gasteiger partial charge in [-0.2, -0.15) is 0 Å². The van der Waals surface area contributed by atoms with Crippen LogP contribution < -0.4 is 0 Å². The second-order valence-corrected chi connectivity index (χ2v) is 9.91. The monoisotopic (exact) mass is 496 g/mol. The Morgan fingerprint density at radius 1 is 1.06 bits per heavy atom. The van der Waals surface area contributed by atoms with Gasteiger partial charge in [0.05, 0.1) is 4.92 Å². The molecule has 0 aromatic heterocycles. The Hall–Kier alpha value is -1.66. The van der Waals surface area contributed by atoms with Gasteiger partial charge >= 0.3 is 5.70 Å². The Labute approximate surface area is 202 Å². The first-order valence-corrected chi connectivity index (χ1v) is 11.9. The van der Waals surface area contributed by atoms with Crippen LogP contribution in [0.5, 0.6) is 0 Å². The smallest absolute Gasteiger partial charge is 0.320 e. The average Bonchev–Trinajstić information content (AvgIpc) is 2.75. The Morgan fingerprint density at radius 2 is 1.68 bits per heavy atom. The van der Waals surface area contributed by atoms with E-state index < -0.39 is 4.92 Å². The number of benzene rings is 2. The first-order valence-electron chi connectivity index (χ1n) is 9.98. The molecule has 8 heteroatoms. The second-order valence-electron chi connectivity index (χ2n) is 7.52. The maximum Gasteiger partial charge on any atom is 0.320 e. The number of halogens is 3. The molecule has 0 atom stereocenters. The maximum absolute atomic E-state index is 12.0. The van der Waals surface area contributed by atoms with E-state index in [0.717, 1.165) is 29.7 Å². The minimum absolute atomic E-state index is 0.241. The van der Waals surface area contributed by atoms with Crippen LogP contribution in [-0.2, 0) is 6.42 Å². The summed E-state index contributed by atoms with van der Waals surface area (Å²) in [5.74, 6) is 0.533. The largest absolute Gasteiger partial charge is 0.360 e. The van der Waals surface area contributed by atoms with Crippen LogP contribution in [0.25, 0.3) is 0 Å². The van der Waals surface area contributed by atoms with Gasteiger partial charge in [-0.25, -0.2) is 0 Å². The maximum atomic E-state index is 12.0. The predicted molar refractivity (Wildman–Crippen MR) is 130 cm³/mol. The molecule has 1 heterocycles. The van der Waals surface area contributed by atoms with E-state index in [1.54, 1.807) is 0 Å². The predicted octanol–water partition coefficient (Wildman–Crippen LogP) is 7.37. The SMILES string of the molecule is Cc1ccc(S/C(=C(/C(Cl)=C(Cl)Cl)[N+](=O)[O-])N2CCC(Cc3ccccc3)CC2)cc1. The third-order valence-corrected chi connectivity index (χ3v) is 7.36. The molecule has 1 fully saturated rings. The highest BCUT2D eigenvalue weighted by atomic mass is 35.5. The van der Waals surface area contributed by atoms with Crippen LogP contribution in [0.3, 0.4) is 0 Å². The summed E-state index contributed by atoms with van der Waals surface area (Å²) in [7, 11) is 0. The molecule has 0 spiro atoms. The molecule has 0 amide bonds. The highest BCUT2D eigenvalue weighted by molar-refractivity contribution is 8.03. The van der Waals surface area contributed by atoms with Crippen molar-refractivity contribution in [3.05, 3.63) is 96.1 Å². The van der Waals surface area contributed by atoms with Crippen molar-refractivity contribution >= 4 is 46.6 Å². The lowest BCUT2D eigenvalue weighted by atomic mass is 9.90. The standard InChI is InChI=1S/C23H23Cl3N2O2S/c1-16-7-9-19(10-8-16)31-23(21(28(29)30)20(24)22(25)26)27-13-11-18(12-14-27)15-17-5-3-2-4-6-17/h2-10,18H,11-15H2,1H3/b23-21-. The van der Waals surface area contributed by atoms with Gasteiger partial charge in [-0.3, -0.25) is 10.1 Å². The molecule has 0 aliphatic carbocycles. The second kappa shape index (κ2) is 11.3. The molecule has 0 bridgehead atoms. The van der Waals surface area contributed by atoms with Gasteiger partial charge in [0.2, 0.25) is 0 Å². The molecule has 0 saturated carbocycles. The van der Waals surface area contributed by atoms with E-state index in [2.05, 4.69) is 24.3 Å². The van der Waals surface area contributed by atoms with Crippen LogP contribution in [0.4, 0.5) is 0 Å². The van der Waals surface area contributed by atoms with Crippen LogP contribution in [0.2, 0.25) is 0 Å². The number of nitro groups is 1. The topological polar surface area (TPSA) is 46.4 Å². The summed E-state index contributed by atoms with van der Waals surface area (Å²) in [6.45, 7) is 3.40. The van der Waals surface area contributed by atoms with Gasteiger partial charge in [0.1, 0.15) is 4.49 Å². The molecule has 2 aromatic carbocycles. The Kier molecular flexibility index (Phi) is 8.73. The summed E-state index contributed by atoms with van der Waals surface area (Å²) in [6, 6.07) is 18.2. The number of allylic oxidation sites excluding steroid dienone is 1. The van der Waals surface area contributed by atoms with Crippen LogP contribution in [0.1, 0.15) is 24.0 Å². The molecule has 0 N–H and O–H groups in total. The number of thioether (sulfide) groups is 1. The molecule has 1 aliphatic heterocycles. The lowest BCUT2D eigenvalue weighted by Crippen LogP contribution is -2.34. The number of hydrogen-bond acceptors (Lipinski definition) is 4. The van der Waals surface area contributed by atoms with E-state index in [9.17, 15) is 10.1 Å². The highest BCUT2D eigenvalue weighted by Gasteiger charge is 2.32. The van der Waals surface area contributed by atoms with Gasteiger partial charge in [-0.15, -0.1) is 0 Å². The van der Waals surface area contributed by atoms with E-state index in [1.165, 1.54) is 17.3 Å². The molecule has 1 saturated heterocycles.